The third-order valence-corrected chi connectivity index (χ3v) is 2.32. The minimum absolute atomic E-state index is 0.0626. The highest BCUT2D eigenvalue weighted by atomic mass is 16.4. The SMILES string of the molecule is C=CCCC(=O)N(CC(=O)O)c1ccc(O)cc1. The van der Waals surface area contributed by atoms with E-state index >= 15 is 0 Å². The lowest BCUT2D eigenvalue weighted by Crippen LogP contribution is -2.35. The Morgan fingerprint density at radius 2 is 1.89 bits per heavy atom. The number of anilines is 1. The first-order valence-electron chi connectivity index (χ1n) is 5.46. The lowest BCUT2D eigenvalue weighted by atomic mass is 10.2. The van der Waals surface area contributed by atoms with Crippen LogP contribution in [0.4, 0.5) is 5.69 Å². The van der Waals surface area contributed by atoms with Gasteiger partial charge in [0.2, 0.25) is 5.91 Å². The summed E-state index contributed by atoms with van der Waals surface area (Å²) >= 11 is 0. The molecule has 0 aliphatic heterocycles. The minimum Gasteiger partial charge on any atom is -0.508 e. The zero-order valence-corrected chi connectivity index (χ0v) is 9.87. The molecule has 18 heavy (non-hydrogen) atoms. The largest absolute Gasteiger partial charge is 0.508 e. The predicted octanol–water partition coefficient (Wildman–Crippen LogP) is 1.78. The number of carbonyl (C=O) groups is 2. The summed E-state index contributed by atoms with van der Waals surface area (Å²) in [7, 11) is 0. The van der Waals surface area contributed by atoms with E-state index in [4.69, 9.17) is 10.2 Å². The van der Waals surface area contributed by atoms with E-state index in [2.05, 4.69) is 6.58 Å². The highest BCUT2D eigenvalue weighted by Gasteiger charge is 2.17. The third-order valence-electron chi connectivity index (χ3n) is 2.32. The van der Waals surface area contributed by atoms with Crippen LogP contribution in [-0.2, 0) is 9.59 Å². The Labute approximate surface area is 105 Å². The maximum atomic E-state index is 11.9. The first-order chi connectivity index (χ1) is 8.54. The fraction of sp³-hybridized carbons (Fsp3) is 0.231. The average molecular weight is 249 g/mol. The predicted molar refractivity (Wildman–Crippen MR) is 67.5 cm³/mol. The number of hydrogen-bond acceptors (Lipinski definition) is 3. The van der Waals surface area contributed by atoms with Crippen molar-refractivity contribution in [3.05, 3.63) is 36.9 Å². The average Bonchev–Trinajstić information content (AvgIpc) is 2.34. The number of aromatic hydroxyl groups is 1. The summed E-state index contributed by atoms with van der Waals surface area (Å²) in [5, 5.41) is 18.0. The zero-order valence-electron chi connectivity index (χ0n) is 9.87. The Kier molecular flexibility index (Phi) is 4.92. The van der Waals surface area contributed by atoms with Crippen molar-refractivity contribution < 1.29 is 19.8 Å². The van der Waals surface area contributed by atoms with Gasteiger partial charge in [-0.15, -0.1) is 6.58 Å². The molecule has 0 aliphatic rings. The first-order valence-corrected chi connectivity index (χ1v) is 5.46. The summed E-state index contributed by atoms with van der Waals surface area (Å²) in [5.74, 6) is -1.31. The molecule has 5 heteroatoms. The van der Waals surface area contributed by atoms with E-state index in [1.807, 2.05) is 0 Å². The number of phenols is 1. The normalized spacial score (nSPS) is 9.78. The molecule has 0 aromatic heterocycles. The van der Waals surface area contributed by atoms with Crippen LogP contribution in [0.15, 0.2) is 36.9 Å². The van der Waals surface area contributed by atoms with Gasteiger partial charge in [0.15, 0.2) is 0 Å². The van der Waals surface area contributed by atoms with Crippen LogP contribution in [0.5, 0.6) is 5.75 Å². The van der Waals surface area contributed by atoms with Gasteiger partial charge >= 0.3 is 5.97 Å². The Balaban J connectivity index is 2.89. The number of hydrogen-bond donors (Lipinski definition) is 2. The number of phenolic OH excluding ortho intramolecular Hbond substituents is 1. The number of carboxylic acid groups (broad SMARTS) is 1. The molecule has 0 atom stereocenters. The fourth-order valence-corrected chi connectivity index (χ4v) is 1.45. The van der Waals surface area contributed by atoms with Crippen molar-refractivity contribution in [3.8, 4) is 5.75 Å². The van der Waals surface area contributed by atoms with Crippen LogP contribution < -0.4 is 4.90 Å². The molecule has 0 heterocycles. The smallest absolute Gasteiger partial charge is 0.323 e. The van der Waals surface area contributed by atoms with Gasteiger partial charge in [-0.3, -0.25) is 9.59 Å². The number of rotatable bonds is 6. The molecular weight excluding hydrogens is 234 g/mol. The van der Waals surface area contributed by atoms with Crippen LogP contribution in [0.25, 0.3) is 0 Å². The first kappa shape index (κ1) is 13.8. The number of carbonyl (C=O) groups excluding carboxylic acids is 1. The van der Waals surface area contributed by atoms with Crippen LogP contribution in [0.3, 0.4) is 0 Å². The molecule has 96 valence electrons. The molecule has 0 radical (unpaired) electrons. The summed E-state index contributed by atoms with van der Waals surface area (Å²) in [6.45, 7) is 3.12. The highest BCUT2D eigenvalue weighted by molar-refractivity contribution is 5.97. The minimum atomic E-state index is -1.09. The molecule has 0 saturated carbocycles. The summed E-state index contributed by atoms with van der Waals surface area (Å²) < 4.78 is 0. The Morgan fingerprint density at radius 3 is 2.39 bits per heavy atom. The van der Waals surface area contributed by atoms with Crippen molar-refractivity contribution in [2.75, 3.05) is 11.4 Å². The third kappa shape index (κ3) is 3.93. The Morgan fingerprint density at radius 1 is 1.28 bits per heavy atom. The molecule has 5 nitrogen and oxygen atoms in total. The molecule has 1 rings (SSSR count). The van der Waals surface area contributed by atoms with E-state index in [1.54, 1.807) is 6.08 Å². The van der Waals surface area contributed by atoms with Crippen molar-refractivity contribution in [1.29, 1.82) is 0 Å². The molecule has 1 aromatic carbocycles. The summed E-state index contributed by atoms with van der Waals surface area (Å²) in [5.41, 5.74) is 0.448. The standard InChI is InChI=1S/C13H15NO4/c1-2-3-4-12(16)14(9-13(17)18)10-5-7-11(15)8-6-10/h2,5-8,15H,1,3-4,9H2,(H,17,18). The second kappa shape index (κ2) is 6.44. The number of nitrogens with zero attached hydrogens (tertiary/aromatic N) is 1. The van der Waals surface area contributed by atoms with Gasteiger partial charge in [0.25, 0.3) is 0 Å². The van der Waals surface area contributed by atoms with Crippen LogP contribution in [0.2, 0.25) is 0 Å². The van der Waals surface area contributed by atoms with Crippen molar-refractivity contribution in [2.24, 2.45) is 0 Å². The molecule has 2 N–H and O–H groups in total. The highest BCUT2D eigenvalue weighted by Crippen LogP contribution is 2.19. The number of allylic oxidation sites excluding steroid dienone is 1. The maximum Gasteiger partial charge on any atom is 0.323 e. The van der Waals surface area contributed by atoms with Crippen LogP contribution in [-0.4, -0.2) is 28.6 Å². The van der Waals surface area contributed by atoms with E-state index in [0.717, 1.165) is 0 Å². The summed E-state index contributed by atoms with van der Waals surface area (Å²) in [4.78, 5) is 23.8. The zero-order chi connectivity index (χ0) is 13.5. The number of amides is 1. The van der Waals surface area contributed by atoms with Gasteiger partial charge in [-0.25, -0.2) is 0 Å². The molecule has 0 bridgehead atoms. The molecule has 0 aliphatic carbocycles. The quantitative estimate of drug-likeness (QED) is 0.753. The Hall–Kier alpha value is -2.30. The molecule has 0 fully saturated rings. The molecule has 0 saturated heterocycles. The van der Waals surface area contributed by atoms with E-state index in [0.29, 0.717) is 12.1 Å². The lowest BCUT2D eigenvalue weighted by molar-refractivity contribution is -0.136. The van der Waals surface area contributed by atoms with Crippen LogP contribution in [0.1, 0.15) is 12.8 Å². The van der Waals surface area contributed by atoms with Gasteiger partial charge in [-0.1, -0.05) is 6.08 Å². The lowest BCUT2D eigenvalue weighted by Gasteiger charge is -2.20. The van der Waals surface area contributed by atoms with Gasteiger partial charge in [0, 0.05) is 12.1 Å². The van der Waals surface area contributed by atoms with E-state index in [9.17, 15) is 9.59 Å². The van der Waals surface area contributed by atoms with Crippen LogP contribution >= 0.6 is 0 Å². The number of benzene rings is 1. The molecule has 1 aromatic rings. The molecule has 1 amide bonds. The van der Waals surface area contributed by atoms with E-state index in [1.165, 1.54) is 29.2 Å². The van der Waals surface area contributed by atoms with Gasteiger partial charge in [0.05, 0.1) is 0 Å². The fourth-order valence-electron chi connectivity index (χ4n) is 1.45. The van der Waals surface area contributed by atoms with Crippen molar-refractivity contribution >= 4 is 17.6 Å². The van der Waals surface area contributed by atoms with Gasteiger partial charge in [-0.05, 0) is 30.7 Å². The number of aliphatic carboxylic acids is 1. The second-order valence-electron chi connectivity index (χ2n) is 3.72. The van der Waals surface area contributed by atoms with Gasteiger partial charge in [-0.2, -0.15) is 0 Å². The maximum absolute atomic E-state index is 11.9. The van der Waals surface area contributed by atoms with E-state index in [-0.39, 0.29) is 18.1 Å². The topological polar surface area (TPSA) is 77.8 Å². The van der Waals surface area contributed by atoms with Crippen molar-refractivity contribution in [2.45, 2.75) is 12.8 Å². The number of carboxylic acids is 1. The second-order valence-corrected chi connectivity index (χ2v) is 3.72. The summed E-state index contributed by atoms with van der Waals surface area (Å²) in [6, 6.07) is 5.82. The van der Waals surface area contributed by atoms with E-state index < -0.39 is 12.5 Å². The monoisotopic (exact) mass is 249 g/mol. The molecule has 0 spiro atoms. The summed E-state index contributed by atoms with van der Waals surface area (Å²) in [6.07, 6.45) is 2.30. The van der Waals surface area contributed by atoms with Gasteiger partial charge < -0.3 is 15.1 Å². The molecule has 0 unspecified atom stereocenters. The van der Waals surface area contributed by atoms with Crippen molar-refractivity contribution in [1.82, 2.24) is 0 Å². The van der Waals surface area contributed by atoms with Crippen molar-refractivity contribution in [3.63, 3.8) is 0 Å². The van der Waals surface area contributed by atoms with Gasteiger partial charge in [0.1, 0.15) is 12.3 Å². The van der Waals surface area contributed by atoms with Crippen LogP contribution in [0, 0.1) is 0 Å². The molecular formula is C13H15NO4. The Bertz CT molecular complexity index is 439.